The van der Waals surface area contributed by atoms with Gasteiger partial charge < -0.3 is 0 Å². The molecule has 3 aliphatic rings. The largest absolute Gasteiger partial charge is 0.264 e. The Kier molecular flexibility index (Phi) is 3.97. The first-order valence-corrected chi connectivity index (χ1v) is 10.6. The molecule has 1 aromatic carbocycles. The Morgan fingerprint density at radius 2 is 1.82 bits per heavy atom. The average molecular weight is 339 g/mol. The number of benzene rings is 1. The second kappa shape index (κ2) is 5.82. The number of nitrogens with zero attached hydrogens (tertiary/aromatic N) is 1. The van der Waals surface area contributed by atoms with E-state index in [1.165, 1.54) is 5.56 Å². The van der Waals surface area contributed by atoms with Gasteiger partial charge in [0, 0.05) is 30.0 Å². The van der Waals surface area contributed by atoms with Crippen molar-refractivity contribution in [3.05, 3.63) is 35.9 Å². The molecule has 1 saturated carbocycles. The monoisotopic (exact) mass is 339 g/mol. The SMILES string of the molecule is O=[S@]1CCC[S@](=O)C12ON(Cc1ccccc1)[C@@H]1CCC[C@@H]12. The van der Waals surface area contributed by atoms with E-state index in [9.17, 15) is 8.42 Å². The van der Waals surface area contributed by atoms with Crippen molar-refractivity contribution in [1.29, 1.82) is 0 Å². The number of hydrogen-bond acceptors (Lipinski definition) is 4. The molecule has 0 unspecified atom stereocenters. The molecule has 1 spiro atoms. The minimum absolute atomic E-state index is 0.151. The van der Waals surface area contributed by atoms with Crippen LogP contribution in [0.15, 0.2) is 30.3 Å². The fourth-order valence-corrected chi connectivity index (χ4v) is 8.52. The number of hydrogen-bond donors (Lipinski definition) is 0. The van der Waals surface area contributed by atoms with Crippen LogP contribution in [0.25, 0.3) is 0 Å². The summed E-state index contributed by atoms with van der Waals surface area (Å²) in [5.74, 6) is 1.39. The predicted molar refractivity (Wildman–Crippen MR) is 87.6 cm³/mol. The van der Waals surface area contributed by atoms with Gasteiger partial charge in [-0.25, -0.2) is 0 Å². The Bertz CT molecular complexity index is 591. The van der Waals surface area contributed by atoms with Gasteiger partial charge in [0.15, 0.2) is 0 Å². The standard InChI is InChI=1S/C16H21NO3S2/c18-21-10-5-11-22(19)16(21)14-8-4-9-15(14)17(20-16)12-13-6-2-1-3-7-13/h1-3,6-7,14-15H,4-5,8-12H2/t14-,15+,21-,22-/m0/s1. The first-order valence-electron chi connectivity index (χ1n) is 7.98. The van der Waals surface area contributed by atoms with Gasteiger partial charge in [0.25, 0.3) is 0 Å². The van der Waals surface area contributed by atoms with Crippen molar-refractivity contribution in [3.63, 3.8) is 0 Å². The van der Waals surface area contributed by atoms with Crippen LogP contribution in [0.4, 0.5) is 0 Å². The molecule has 6 heteroatoms. The molecule has 4 nitrogen and oxygen atoms in total. The summed E-state index contributed by atoms with van der Waals surface area (Å²) in [5, 5.41) is 1.98. The first-order chi connectivity index (χ1) is 10.7. The molecule has 22 heavy (non-hydrogen) atoms. The normalized spacial score (nSPS) is 37.5. The Morgan fingerprint density at radius 1 is 1.09 bits per heavy atom. The van der Waals surface area contributed by atoms with Gasteiger partial charge in [0.2, 0.25) is 4.27 Å². The van der Waals surface area contributed by atoms with E-state index in [0.29, 0.717) is 18.1 Å². The van der Waals surface area contributed by atoms with E-state index in [1.807, 2.05) is 23.3 Å². The maximum Gasteiger partial charge on any atom is 0.241 e. The molecule has 3 fully saturated rings. The number of hydroxylamine groups is 2. The van der Waals surface area contributed by atoms with Crippen molar-refractivity contribution in [2.75, 3.05) is 11.5 Å². The van der Waals surface area contributed by atoms with Gasteiger partial charge in [0.05, 0.1) is 21.6 Å². The van der Waals surface area contributed by atoms with Crippen LogP contribution in [0, 0.1) is 5.92 Å². The van der Waals surface area contributed by atoms with E-state index >= 15 is 0 Å². The van der Waals surface area contributed by atoms with E-state index in [4.69, 9.17) is 4.84 Å². The highest BCUT2D eigenvalue weighted by Crippen LogP contribution is 2.51. The zero-order valence-corrected chi connectivity index (χ0v) is 14.1. The van der Waals surface area contributed by atoms with Gasteiger partial charge in [-0.15, -0.1) is 0 Å². The molecule has 2 heterocycles. The van der Waals surface area contributed by atoms with Gasteiger partial charge >= 0.3 is 0 Å². The molecule has 0 aromatic heterocycles. The smallest absolute Gasteiger partial charge is 0.241 e. The molecular formula is C16H21NO3S2. The lowest BCUT2D eigenvalue weighted by atomic mass is 10.1. The highest BCUT2D eigenvalue weighted by molar-refractivity contribution is 8.04. The molecule has 1 aromatic rings. The lowest BCUT2D eigenvalue weighted by Crippen LogP contribution is -2.50. The Morgan fingerprint density at radius 3 is 2.55 bits per heavy atom. The molecular weight excluding hydrogens is 318 g/mol. The fraction of sp³-hybridized carbons (Fsp3) is 0.625. The summed E-state index contributed by atoms with van der Waals surface area (Å²) in [6, 6.07) is 10.4. The van der Waals surface area contributed by atoms with Crippen LogP contribution in [0.3, 0.4) is 0 Å². The Balaban J connectivity index is 1.65. The van der Waals surface area contributed by atoms with Crippen LogP contribution in [0.1, 0.15) is 31.2 Å². The van der Waals surface area contributed by atoms with E-state index in [0.717, 1.165) is 25.7 Å². The van der Waals surface area contributed by atoms with Crippen LogP contribution in [0.2, 0.25) is 0 Å². The van der Waals surface area contributed by atoms with Crippen LogP contribution in [0.5, 0.6) is 0 Å². The fourth-order valence-electron chi connectivity index (χ4n) is 4.04. The molecule has 4 atom stereocenters. The van der Waals surface area contributed by atoms with E-state index in [1.54, 1.807) is 0 Å². The summed E-state index contributed by atoms with van der Waals surface area (Å²) < 4.78 is 24.5. The molecule has 0 radical (unpaired) electrons. The third-order valence-corrected chi connectivity index (χ3v) is 9.48. The van der Waals surface area contributed by atoms with Gasteiger partial charge in [0.1, 0.15) is 0 Å². The molecule has 0 amide bonds. The lowest BCUT2D eigenvalue weighted by molar-refractivity contribution is -0.161. The third kappa shape index (κ3) is 2.23. The Hall–Kier alpha value is -0.560. The molecule has 2 aliphatic heterocycles. The van der Waals surface area contributed by atoms with Crippen molar-refractivity contribution in [2.24, 2.45) is 5.92 Å². The summed E-state index contributed by atoms with van der Waals surface area (Å²) in [7, 11) is -2.32. The maximum absolute atomic E-state index is 12.7. The summed E-state index contributed by atoms with van der Waals surface area (Å²) in [6.45, 7) is 0.679. The maximum atomic E-state index is 12.7. The minimum Gasteiger partial charge on any atom is -0.264 e. The quantitative estimate of drug-likeness (QED) is 0.828. The second-order valence-corrected chi connectivity index (χ2v) is 9.98. The van der Waals surface area contributed by atoms with Gasteiger partial charge in [-0.05, 0) is 24.8 Å². The summed E-state index contributed by atoms with van der Waals surface area (Å²) in [4.78, 5) is 6.22. The van der Waals surface area contributed by atoms with Crippen molar-refractivity contribution in [3.8, 4) is 0 Å². The molecule has 120 valence electrons. The van der Waals surface area contributed by atoms with Crippen molar-refractivity contribution >= 4 is 21.6 Å². The topological polar surface area (TPSA) is 46.6 Å². The highest BCUT2D eigenvalue weighted by Gasteiger charge is 2.63. The summed E-state index contributed by atoms with van der Waals surface area (Å²) in [5.41, 5.74) is 1.18. The van der Waals surface area contributed by atoms with E-state index in [2.05, 4.69) is 12.1 Å². The molecule has 4 rings (SSSR count). The van der Waals surface area contributed by atoms with E-state index < -0.39 is 25.9 Å². The second-order valence-electron chi connectivity index (χ2n) is 6.31. The highest BCUT2D eigenvalue weighted by atomic mass is 32.2. The van der Waals surface area contributed by atoms with Crippen molar-refractivity contribution in [2.45, 2.75) is 42.5 Å². The van der Waals surface area contributed by atoms with Crippen molar-refractivity contribution < 1.29 is 13.3 Å². The minimum atomic E-state index is -1.16. The molecule has 0 bridgehead atoms. The zero-order valence-electron chi connectivity index (χ0n) is 12.5. The van der Waals surface area contributed by atoms with Crippen molar-refractivity contribution in [1.82, 2.24) is 5.06 Å². The molecule has 2 saturated heterocycles. The van der Waals surface area contributed by atoms with Crippen LogP contribution < -0.4 is 0 Å². The van der Waals surface area contributed by atoms with Crippen LogP contribution >= 0.6 is 0 Å². The third-order valence-electron chi connectivity index (χ3n) is 5.02. The predicted octanol–water partition coefficient (Wildman–Crippen LogP) is 2.16. The van der Waals surface area contributed by atoms with Crippen LogP contribution in [-0.2, 0) is 33.0 Å². The Labute approximate surface area is 136 Å². The number of fused-ring (bicyclic) bond motifs is 2. The zero-order chi connectivity index (χ0) is 15.2. The lowest BCUT2D eigenvalue weighted by Gasteiger charge is -2.34. The van der Waals surface area contributed by atoms with E-state index in [-0.39, 0.29) is 12.0 Å². The average Bonchev–Trinajstić information content (AvgIpc) is 3.10. The van der Waals surface area contributed by atoms with Gasteiger partial charge in [-0.2, -0.15) is 5.06 Å². The summed E-state index contributed by atoms with van der Waals surface area (Å²) >= 11 is 0. The molecule has 1 aliphatic carbocycles. The molecule has 0 N–H and O–H groups in total. The first kappa shape index (κ1) is 15.0. The van der Waals surface area contributed by atoms with Gasteiger partial charge in [-0.1, -0.05) is 36.8 Å². The summed E-state index contributed by atoms with van der Waals surface area (Å²) in [6.07, 6.45) is 3.92. The van der Waals surface area contributed by atoms with Gasteiger partial charge in [-0.3, -0.25) is 13.3 Å². The van der Waals surface area contributed by atoms with Crippen LogP contribution in [-0.4, -0.2) is 35.3 Å². The number of rotatable bonds is 2.